The van der Waals surface area contributed by atoms with E-state index in [-0.39, 0.29) is 22.7 Å². The van der Waals surface area contributed by atoms with Crippen LogP contribution in [0.3, 0.4) is 0 Å². The minimum Gasteiger partial charge on any atom is -0.323 e. The van der Waals surface area contributed by atoms with Gasteiger partial charge in [0.1, 0.15) is 4.90 Å². The first-order chi connectivity index (χ1) is 9.75. The van der Waals surface area contributed by atoms with Crippen LogP contribution in [0, 0.1) is 21.4 Å². The van der Waals surface area contributed by atoms with Gasteiger partial charge in [-0.2, -0.15) is 9.57 Å². The van der Waals surface area contributed by atoms with Crippen molar-refractivity contribution in [3.8, 4) is 6.07 Å². The molecule has 10 heteroatoms. The lowest BCUT2D eigenvalue weighted by Crippen LogP contribution is -2.35. The summed E-state index contributed by atoms with van der Waals surface area (Å²) in [6.45, 7) is 1.56. The van der Waals surface area contributed by atoms with Gasteiger partial charge in [-0.1, -0.05) is 0 Å². The number of hydrogen-bond donors (Lipinski definition) is 2. The van der Waals surface area contributed by atoms with Gasteiger partial charge < -0.3 is 5.43 Å². The van der Waals surface area contributed by atoms with E-state index < -0.39 is 21.0 Å². The van der Waals surface area contributed by atoms with E-state index in [1.54, 1.807) is 6.92 Å². The molecule has 0 fully saturated rings. The van der Waals surface area contributed by atoms with Crippen LogP contribution < -0.4 is 11.3 Å². The highest BCUT2D eigenvalue weighted by Gasteiger charge is 2.29. The summed E-state index contributed by atoms with van der Waals surface area (Å²) in [6.07, 6.45) is -0.00392. The lowest BCUT2D eigenvalue weighted by Gasteiger charge is -2.23. The summed E-state index contributed by atoms with van der Waals surface area (Å²) in [7, 11) is -2.72. The van der Waals surface area contributed by atoms with Crippen molar-refractivity contribution in [3.05, 3.63) is 28.3 Å². The number of anilines is 1. The second kappa shape index (κ2) is 6.49. The topological polar surface area (TPSA) is 142 Å². The first-order valence-corrected chi connectivity index (χ1v) is 7.29. The third kappa shape index (κ3) is 3.46. The molecule has 1 atom stereocenters. The third-order valence-electron chi connectivity index (χ3n) is 3.00. The molecule has 21 heavy (non-hydrogen) atoms. The minimum absolute atomic E-state index is 0.00392. The number of nitro groups is 1. The molecule has 1 unspecified atom stereocenters. The van der Waals surface area contributed by atoms with Crippen molar-refractivity contribution in [2.75, 3.05) is 12.5 Å². The van der Waals surface area contributed by atoms with Crippen LogP contribution in [-0.2, 0) is 10.0 Å². The summed E-state index contributed by atoms with van der Waals surface area (Å²) in [5, 5.41) is 19.4. The van der Waals surface area contributed by atoms with Crippen molar-refractivity contribution in [1.29, 1.82) is 5.26 Å². The average molecular weight is 313 g/mol. The zero-order valence-electron chi connectivity index (χ0n) is 11.5. The lowest BCUT2D eigenvalue weighted by atomic mass is 10.3. The standard InChI is InChI=1S/C11H15N5O4S/c1-8(5-6-12)15(2)21(19,20)11-7-9(16(17)18)3-4-10(11)14-13/h3-4,7-8,14H,5,13H2,1-2H3. The molecule has 0 amide bonds. The normalized spacial score (nSPS) is 12.7. The Bertz CT molecular complexity index is 682. The van der Waals surface area contributed by atoms with Crippen molar-refractivity contribution >= 4 is 21.4 Å². The molecule has 1 rings (SSSR count). The first kappa shape index (κ1) is 16.8. The van der Waals surface area contributed by atoms with Crippen LogP contribution in [0.15, 0.2) is 23.1 Å². The maximum absolute atomic E-state index is 12.5. The average Bonchev–Trinajstić information content (AvgIpc) is 2.45. The molecule has 0 aromatic heterocycles. The lowest BCUT2D eigenvalue weighted by molar-refractivity contribution is -0.385. The van der Waals surface area contributed by atoms with Crippen LogP contribution in [0.25, 0.3) is 0 Å². The summed E-state index contributed by atoms with van der Waals surface area (Å²) in [6, 6.07) is 4.59. The van der Waals surface area contributed by atoms with Crippen LogP contribution in [0.2, 0.25) is 0 Å². The van der Waals surface area contributed by atoms with E-state index in [1.807, 2.05) is 6.07 Å². The number of nitrogens with zero attached hydrogens (tertiary/aromatic N) is 3. The maximum atomic E-state index is 12.5. The van der Waals surface area contributed by atoms with Gasteiger partial charge in [0.15, 0.2) is 0 Å². The highest BCUT2D eigenvalue weighted by molar-refractivity contribution is 7.89. The van der Waals surface area contributed by atoms with Crippen molar-refractivity contribution in [2.24, 2.45) is 5.84 Å². The summed E-state index contributed by atoms with van der Waals surface area (Å²) in [5.74, 6) is 5.25. The number of nitrogens with two attached hydrogens (primary N) is 1. The highest BCUT2D eigenvalue weighted by atomic mass is 32.2. The Kier molecular flexibility index (Phi) is 5.20. The van der Waals surface area contributed by atoms with E-state index in [9.17, 15) is 18.5 Å². The number of nitrogen functional groups attached to an aromatic ring is 1. The van der Waals surface area contributed by atoms with E-state index in [4.69, 9.17) is 11.1 Å². The summed E-state index contributed by atoms with van der Waals surface area (Å²) in [5.41, 5.74) is 1.87. The molecule has 0 saturated heterocycles. The molecule has 1 aromatic rings. The third-order valence-corrected chi connectivity index (χ3v) is 5.01. The molecule has 0 saturated carbocycles. The Hall–Kier alpha value is -2.22. The fraction of sp³-hybridized carbons (Fsp3) is 0.364. The second-order valence-electron chi connectivity index (χ2n) is 4.31. The molecule has 0 radical (unpaired) electrons. The van der Waals surface area contributed by atoms with Gasteiger partial charge in [0.2, 0.25) is 10.0 Å². The van der Waals surface area contributed by atoms with E-state index in [0.717, 1.165) is 16.4 Å². The van der Waals surface area contributed by atoms with Gasteiger partial charge in [-0.25, -0.2) is 8.42 Å². The van der Waals surface area contributed by atoms with Gasteiger partial charge in [0.25, 0.3) is 5.69 Å². The Morgan fingerprint density at radius 1 is 1.57 bits per heavy atom. The first-order valence-electron chi connectivity index (χ1n) is 5.85. The van der Waals surface area contributed by atoms with Gasteiger partial charge in [0, 0.05) is 25.2 Å². The number of non-ortho nitro benzene ring substituents is 1. The van der Waals surface area contributed by atoms with E-state index in [0.29, 0.717) is 0 Å². The van der Waals surface area contributed by atoms with Crippen molar-refractivity contribution < 1.29 is 13.3 Å². The van der Waals surface area contributed by atoms with Gasteiger partial charge in [0.05, 0.1) is 23.1 Å². The monoisotopic (exact) mass is 313 g/mol. The molecule has 0 aliphatic carbocycles. The number of nitro benzene ring substituents is 1. The molecule has 0 heterocycles. The van der Waals surface area contributed by atoms with Crippen LogP contribution in [0.1, 0.15) is 13.3 Å². The zero-order chi connectivity index (χ0) is 16.2. The molecule has 0 aliphatic rings. The smallest absolute Gasteiger partial charge is 0.270 e. The number of sulfonamides is 1. The Morgan fingerprint density at radius 3 is 2.67 bits per heavy atom. The highest BCUT2D eigenvalue weighted by Crippen LogP contribution is 2.29. The molecular weight excluding hydrogens is 298 g/mol. The molecule has 0 spiro atoms. The molecule has 3 N–H and O–H groups in total. The quantitative estimate of drug-likeness (QED) is 0.449. The number of nitrogens with one attached hydrogen (secondary N) is 1. The van der Waals surface area contributed by atoms with Gasteiger partial charge in [-0.3, -0.25) is 16.0 Å². The molecule has 0 aliphatic heterocycles. The molecule has 0 bridgehead atoms. The predicted octanol–water partition coefficient (Wildman–Crippen LogP) is 0.803. The molecule has 1 aromatic carbocycles. The zero-order valence-corrected chi connectivity index (χ0v) is 12.3. The van der Waals surface area contributed by atoms with Crippen LogP contribution >= 0.6 is 0 Å². The number of rotatable bonds is 6. The Morgan fingerprint density at radius 2 is 2.19 bits per heavy atom. The number of hydrogen-bond acceptors (Lipinski definition) is 7. The Balaban J connectivity index is 3.39. The molecular formula is C11H15N5O4S. The van der Waals surface area contributed by atoms with Gasteiger partial charge in [-0.05, 0) is 13.0 Å². The summed E-state index contributed by atoms with van der Waals surface area (Å²) in [4.78, 5) is 9.78. The minimum atomic E-state index is -4.02. The number of hydrazine groups is 1. The van der Waals surface area contributed by atoms with E-state index >= 15 is 0 Å². The Labute approximate surface area is 122 Å². The van der Waals surface area contributed by atoms with E-state index in [1.165, 1.54) is 13.1 Å². The fourth-order valence-corrected chi connectivity index (χ4v) is 3.14. The second-order valence-corrected chi connectivity index (χ2v) is 6.28. The summed E-state index contributed by atoms with van der Waals surface area (Å²) < 4.78 is 26.0. The van der Waals surface area contributed by atoms with Crippen molar-refractivity contribution in [1.82, 2.24) is 4.31 Å². The van der Waals surface area contributed by atoms with Crippen LogP contribution in [-0.4, -0.2) is 30.7 Å². The molecule has 9 nitrogen and oxygen atoms in total. The number of benzene rings is 1. The van der Waals surface area contributed by atoms with Crippen molar-refractivity contribution in [2.45, 2.75) is 24.3 Å². The van der Waals surface area contributed by atoms with Crippen molar-refractivity contribution in [3.63, 3.8) is 0 Å². The van der Waals surface area contributed by atoms with Gasteiger partial charge >= 0.3 is 0 Å². The van der Waals surface area contributed by atoms with Crippen LogP contribution in [0.5, 0.6) is 0 Å². The molecule has 114 valence electrons. The fourth-order valence-electron chi connectivity index (χ4n) is 1.61. The van der Waals surface area contributed by atoms with Crippen LogP contribution in [0.4, 0.5) is 11.4 Å². The summed E-state index contributed by atoms with van der Waals surface area (Å²) >= 11 is 0. The SMILES string of the molecule is CC(CC#N)N(C)S(=O)(=O)c1cc([N+](=O)[O-])ccc1NN. The largest absolute Gasteiger partial charge is 0.323 e. The number of nitriles is 1. The predicted molar refractivity (Wildman–Crippen MR) is 75.5 cm³/mol. The van der Waals surface area contributed by atoms with Gasteiger partial charge in [-0.15, -0.1) is 0 Å². The van der Waals surface area contributed by atoms with E-state index in [2.05, 4.69) is 5.43 Å². The maximum Gasteiger partial charge on any atom is 0.270 e.